The van der Waals surface area contributed by atoms with Crippen molar-refractivity contribution in [1.82, 2.24) is 20.2 Å². The number of fused-ring (bicyclic) bond motifs is 3. The third kappa shape index (κ3) is 5.07. The number of amides is 1. The molecule has 0 spiro atoms. The lowest BCUT2D eigenvalue weighted by Crippen LogP contribution is -2.56. The van der Waals surface area contributed by atoms with Crippen molar-refractivity contribution in [1.29, 1.82) is 0 Å². The normalized spacial score (nSPS) is 22.8. The van der Waals surface area contributed by atoms with Gasteiger partial charge in [-0.25, -0.2) is 9.97 Å². The molecular formula is C29H35N5O2. The Morgan fingerprint density at radius 2 is 1.86 bits per heavy atom. The SMILES string of the molecule is COc1ccc(C(=O)NC[C@H]2C[C@@H]3CCN2C[C@H]3c2cc(-c3ccc(N(C)C)cc3)nc(C)n2)cc1. The first-order valence-corrected chi connectivity index (χ1v) is 12.7. The highest BCUT2D eigenvalue weighted by atomic mass is 16.5. The van der Waals surface area contributed by atoms with Gasteiger partial charge in [-0.1, -0.05) is 12.1 Å². The standard InChI is InChI=1S/C29H35N5O2/c1-19-31-27(20-5-9-23(10-6-20)33(2)3)16-28(32-19)26-18-34-14-13-22(26)15-24(34)17-30-29(35)21-7-11-25(36-4)12-8-21/h5-12,16,22,24,26H,13-15,17-18H2,1-4H3,(H,30,35)/t22-,24+,26+/m0/s1. The molecule has 3 aromatic rings. The van der Waals surface area contributed by atoms with E-state index in [1.54, 1.807) is 19.2 Å². The van der Waals surface area contributed by atoms with Crippen LogP contribution in [0.25, 0.3) is 11.3 Å². The maximum absolute atomic E-state index is 12.7. The van der Waals surface area contributed by atoms with E-state index in [1.165, 1.54) is 12.1 Å². The number of aromatic nitrogens is 2. The van der Waals surface area contributed by atoms with Crippen LogP contribution in [0.2, 0.25) is 0 Å². The van der Waals surface area contributed by atoms with E-state index in [0.717, 1.165) is 48.0 Å². The van der Waals surface area contributed by atoms with Gasteiger partial charge in [-0.3, -0.25) is 9.69 Å². The molecule has 1 aromatic heterocycles. The number of aryl methyl sites for hydroxylation is 1. The highest BCUT2D eigenvalue weighted by Gasteiger charge is 2.41. The Morgan fingerprint density at radius 3 is 2.50 bits per heavy atom. The maximum atomic E-state index is 12.7. The van der Waals surface area contributed by atoms with Gasteiger partial charge in [-0.05, 0) is 74.7 Å². The van der Waals surface area contributed by atoms with Crippen molar-refractivity contribution < 1.29 is 9.53 Å². The molecular weight excluding hydrogens is 450 g/mol. The predicted octanol–water partition coefficient (Wildman–Crippen LogP) is 4.13. The van der Waals surface area contributed by atoms with Gasteiger partial charge in [0.25, 0.3) is 5.91 Å². The maximum Gasteiger partial charge on any atom is 0.251 e. The lowest BCUT2D eigenvalue weighted by Gasteiger charge is -2.49. The number of hydrogen-bond donors (Lipinski definition) is 1. The van der Waals surface area contributed by atoms with Crippen LogP contribution in [-0.2, 0) is 0 Å². The highest BCUT2D eigenvalue weighted by Crippen LogP contribution is 2.41. The van der Waals surface area contributed by atoms with Crippen molar-refractivity contribution in [3.05, 3.63) is 71.7 Å². The Balaban J connectivity index is 1.25. The van der Waals surface area contributed by atoms with Crippen molar-refractivity contribution in [3.63, 3.8) is 0 Å². The molecule has 7 heteroatoms. The topological polar surface area (TPSA) is 70.6 Å². The molecule has 6 rings (SSSR count). The fourth-order valence-electron chi connectivity index (χ4n) is 5.60. The molecule has 3 aliphatic heterocycles. The second kappa shape index (κ2) is 10.3. The minimum Gasteiger partial charge on any atom is -0.497 e. The third-order valence-corrected chi connectivity index (χ3v) is 7.65. The van der Waals surface area contributed by atoms with Crippen molar-refractivity contribution in [2.45, 2.75) is 31.7 Å². The highest BCUT2D eigenvalue weighted by molar-refractivity contribution is 5.94. The van der Waals surface area contributed by atoms with Gasteiger partial charge in [0, 0.05) is 61.7 Å². The van der Waals surface area contributed by atoms with Crippen LogP contribution < -0.4 is 15.0 Å². The Hall–Kier alpha value is -3.45. The Bertz CT molecular complexity index is 1210. The number of nitrogens with one attached hydrogen (secondary N) is 1. The van der Waals surface area contributed by atoms with Crippen LogP contribution in [0.3, 0.4) is 0 Å². The summed E-state index contributed by atoms with van der Waals surface area (Å²) in [7, 11) is 5.72. The van der Waals surface area contributed by atoms with E-state index >= 15 is 0 Å². The van der Waals surface area contributed by atoms with Gasteiger partial charge in [-0.2, -0.15) is 0 Å². The van der Waals surface area contributed by atoms with E-state index in [1.807, 2.05) is 33.2 Å². The quantitative estimate of drug-likeness (QED) is 0.543. The number of carbonyl (C=O) groups excluding carboxylic acids is 1. The Kier molecular flexibility index (Phi) is 6.92. The van der Waals surface area contributed by atoms with Crippen LogP contribution in [0.5, 0.6) is 5.75 Å². The van der Waals surface area contributed by atoms with Gasteiger partial charge in [0.2, 0.25) is 0 Å². The average molecular weight is 486 g/mol. The monoisotopic (exact) mass is 485 g/mol. The third-order valence-electron chi connectivity index (χ3n) is 7.65. The summed E-state index contributed by atoms with van der Waals surface area (Å²) in [6.45, 7) is 4.71. The van der Waals surface area contributed by atoms with Gasteiger partial charge in [-0.15, -0.1) is 0 Å². The zero-order valence-corrected chi connectivity index (χ0v) is 21.6. The summed E-state index contributed by atoms with van der Waals surface area (Å²) in [5.74, 6) is 2.50. The largest absolute Gasteiger partial charge is 0.497 e. The van der Waals surface area contributed by atoms with Crippen LogP contribution in [0.4, 0.5) is 5.69 Å². The summed E-state index contributed by atoms with van der Waals surface area (Å²) < 4.78 is 5.19. The second-order valence-corrected chi connectivity index (χ2v) is 10.1. The molecule has 2 bridgehead atoms. The predicted molar refractivity (Wildman–Crippen MR) is 143 cm³/mol. The van der Waals surface area contributed by atoms with E-state index in [2.05, 4.69) is 45.4 Å². The summed E-state index contributed by atoms with van der Waals surface area (Å²) >= 11 is 0. The van der Waals surface area contributed by atoms with Crippen LogP contribution in [0.1, 0.15) is 40.6 Å². The summed E-state index contributed by atoms with van der Waals surface area (Å²) in [5.41, 5.74) is 5.08. The number of benzene rings is 2. The van der Waals surface area contributed by atoms with Crippen LogP contribution in [0.15, 0.2) is 54.6 Å². The number of carbonyl (C=O) groups is 1. The van der Waals surface area contributed by atoms with E-state index in [4.69, 9.17) is 14.7 Å². The molecule has 1 amide bonds. The first-order chi connectivity index (χ1) is 17.4. The molecule has 188 valence electrons. The van der Waals surface area contributed by atoms with Gasteiger partial charge < -0.3 is 15.0 Å². The van der Waals surface area contributed by atoms with E-state index in [9.17, 15) is 4.79 Å². The fraction of sp³-hybridized carbons (Fsp3) is 0.414. The lowest BCUT2D eigenvalue weighted by molar-refractivity contribution is 0.0290. The van der Waals surface area contributed by atoms with Crippen LogP contribution in [-0.4, -0.2) is 67.7 Å². The van der Waals surface area contributed by atoms with E-state index in [-0.39, 0.29) is 5.91 Å². The molecule has 4 atom stereocenters. The number of hydrogen-bond acceptors (Lipinski definition) is 6. The second-order valence-electron chi connectivity index (χ2n) is 10.1. The summed E-state index contributed by atoms with van der Waals surface area (Å²) in [4.78, 5) is 26.9. The zero-order valence-electron chi connectivity index (χ0n) is 21.6. The Morgan fingerprint density at radius 1 is 1.11 bits per heavy atom. The van der Waals surface area contributed by atoms with Crippen LogP contribution >= 0.6 is 0 Å². The number of ether oxygens (including phenoxy) is 1. The van der Waals surface area contributed by atoms with Gasteiger partial charge in [0.05, 0.1) is 12.8 Å². The van der Waals surface area contributed by atoms with Gasteiger partial charge >= 0.3 is 0 Å². The van der Waals surface area contributed by atoms with Crippen LogP contribution in [0, 0.1) is 12.8 Å². The number of anilines is 1. The van der Waals surface area contributed by atoms with Crippen molar-refractivity contribution in [2.24, 2.45) is 5.92 Å². The molecule has 0 saturated carbocycles. The lowest BCUT2D eigenvalue weighted by atomic mass is 9.74. The van der Waals surface area contributed by atoms with Crippen molar-refractivity contribution in [2.75, 3.05) is 45.7 Å². The summed E-state index contributed by atoms with van der Waals surface area (Å²) in [6, 6.07) is 18.3. The zero-order chi connectivity index (χ0) is 25.2. The molecule has 2 aromatic carbocycles. The van der Waals surface area contributed by atoms with E-state index < -0.39 is 0 Å². The first kappa shape index (κ1) is 24.3. The van der Waals surface area contributed by atoms with Gasteiger partial charge in [0.15, 0.2) is 0 Å². The van der Waals surface area contributed by atoms with Crippen molar-refractivity contribution >= 4 is 11.6 Å². The molecule has 1 unspecified atom stereocenters. The molecule has 3 aliphatic rings. The molecule has 0 radical (unpaired) electrons. The molecule has 1 N–H and O–H groups in total. The molecule has 7 nitrogen and oxygen atoms in total. The average Bonchev–Trinajstić information content (AvgIpc) is 2.91. The minimum atomic E-state index is -0.0341. The van der Waals surface area contributed by atoms with E-state index in [0.29, 0.717) is 30.0 Å². The molecule has 36 heavy (non-hydrogen) atoms. The smallest absolute Gasteiger partial charge is 0.251 e. The number of piperidine rings is 3. The molecule has 3 saturated heterocycles. The molecule has 4 heterocycles. The Labute approximate surface area is 213 Å². The molecule has 3 fully saturated rings. The number of rotatable bonds is 7. The first-order valence-electron chi connectivity index (χ1n) is 12.7. The molecule has 0 aliphatic carbocycles. The summed E-state index contributed by atoms with van der Waals surface area (Å²) in [6.07, 6.45) is 2.24. The number of nitrogens with zero attached hydrogens (tertiary/aromatic N) is 4. The summed E-state index contributed by atoms with van der Waals surface area (Å²) in [5, 5.41) is 3.15. The van der Waals surface area contributed by atoms with Gasteiger partial charge in [0.1, 0.15) is 11.6 Å². The number of methoxy groups -OCH3 is 1. The van der Waals surface area contributed by atoms with Crippen molar-refractivity contribution in [3.8, 4) is 17.0 Å². The minimum absolute atomic E-state index is 0.0341. The fourth-order valence-corrected chi connectivity index (χ4v) is 5.60.